The van der Waals surface area contributed by atoms with E-state index in [-0.39, 0.29) is 0 Å². The van der Waals surface area contributed by atoms with E-state index in [1.807, 2.05) is 42.7 Å². The average molecular weight is 325 g/mol. The molecule has 0 bridgehead atoms. The number of halogens is 1. The molecule has 1 N–H and O–H groups in total. The summed E-state index contributed by atoms with van der Waals surface area (Å²) in [6.45, 7) is 0. The normalized spacial score (nSPS) is 20.2. The largest absolute Gasteiger partial charge is 0.361 e. The molecule has 2 aliphatic carbocycles. The monoisotopic (exact) mass is 324 g/mol. The second kappa shape index (κ2) is 7.98. The molecule has 1 aromatic carbocycles. The van der Waals surface area contributed by atoms with Gasteiger partial charge in [0.05, 0.1) is 5.70 Å². The third-order valence-corrected chi connectivity index (χ3v) is 4.47. The molecule has 0 radical (unpaired) electrons. The zero-order valence-corrected chi connectivity index (χ0v) is 13.9. The van der Waals surface area contributed by atoms with Gasteiger partial charge in [-0.25, -0.2) is 0 Å². The first kappa shape index (κ1) is 15.8. The molecule has 0 saturated carbocycles. The zero-order chi connectivity index (χ0) is 15.9. The third-order valence-electron chi connectivity index (χ3n) is 3.99. The Labute approximate surface area is 143 Å². The Bertz CT molecular complexity index is 694. The molecule has 0 aliphatic heterocycles. The van der Waals surface area contributed by atoms with Gasteiger partial charge in [0.1, 0.15) is 0 Å². The fourth-order valence-corrected chi connectivity index (χ4v) is 3.00. The summed E-state index contributed by atoms with van der Waals surface area (Å²) in [5, 5.41) is 4.16. The predicted octanol–water partition coefficient (Wildman–Crippen LogP) is 5.96. The van der Waals surface area contributed by atoms with E-state index in [0.717, 1.165) is 59.7 Å². The molecule has 0 atom stereocenters. The Morgan fingerprint density at radius 2 is 1.96 bits per heavy atom. The zero-order valence-electron chi connectivity index (χ0n) is 13.1. The van der Waals surface area contributed by atoms with Gasteiger partial charge in [0.2, 0.25) is 0 Å². The van der Waals surface area contributed by atoms with Gasteiger partial charge in [-0.2, -0.15) is 0 Å². The minimum Gasteiger partial charge on any atom is -0.361 e. The quantitative estimate of drug-likeness (QED) is 0.678. The molecule has 2 nitrogen and oxygen atoms in total. The highest BCUT2D eigenvalue weighted by Crippen LogP contribution is 2.31. The maximum atomic E-state index is 6.58. The van der Waals surface area contributed by atoms with Crippen LogP contribution in [-0.2, 0) is 0 Å². The Kier molecular flexibility index (Phi) is 5.49. The first-order chi connectivity index (χ1) is 11.3. The van der Waals surface area contributed by atoms with Crippen molar-refractivity contribution in [2.45, 2.75) is 32.1 Å². The SMILES string of the molecule is ClC1=C(C=NC2=CCCC=C2)CCC/C1=C\Nc1ccccc1. The van der Waals surface area contributed by atoms with Gasteiger partial charge in [0.15, 0.2) is 0 Å². The van der Waals surface area contributed by atoms with Gasteiger partial charge in [-0.05, 0) is 61.5 Å². The standard InChI is InChI=1S/C20H21ClN2/c21-20-16(14-22-18-10-3-1-4-11-18)8-7-9-17(20)15-23-19-12-5-2-6-13-19/h1,3-5,10-15,22H,2,6-9H2/b16-14+,23-15?. The van der Waals surface area contributed by atoms with Crippen molar-refractivity contribution < 1.29 is 0 Å². The van der Waals surface area contributed by atoms with Crippen LogP contribution in [0.5, 0.6) is 0 Å². The number of anilines is 1. The Morgan fingerprint density at radius 1 is 1.09 bits per heavy atom. The molecule has 3 rings (SSSR count). The van der Waals surface area contributed by atoms with Gasteiger partial charge >= 0.3 is 0 Å². The molecular formula is C20H21ClN2. The summed E-state index contributed by atoms with van der Waals surface area (Å²) in [5.41, 5.74) is 4.38. The second-order valence-electron chi connectivity index (χ2n) is 5.74. The molecule has 0 saturated heterocycles. The highest BCUT2D eigenvalue weighted by atomic mass is 35.5. The Morgan fingerprint density at radius 3 is 2.74 bits per heavy atom. The summed E-state index contributed by atoms with van der Waals surface area (Å²) in [5.74, 6) is 0. The molecular weight excluding hydrogens is 304 g/mol. The molecule has 118 valence electrons. The lowest BCUT2D eigenvalue weighted by atomic mass is 9.96. The molecule has 3 heteroatoms. The van der Waals surface area contributed by atoms with Crippen molar-refractivity contribution in [1.82, 2.24) is 0 Å². The molecule has 0 amide bonds. The topological polar surface area (TPSA) is 24.4 Å². The van der Waals surface area contributed by atoms with Crippen molar-refractivity contribution in [2.75, 3.05) is 5.32 Å². The summed E-state index contributed by atoms with van der Waals surface area (Å²) in [4.78, 5) is 4.57. The molecule has 0 heterocycles. The molecule has 2 aliphatic rings. The van der Waals surface area contributed by atoms with E-state index < -0.39 is 0 Å². The van der Waals surface area contributed by atoms with Gasteiger partial charge in [-0.15, -0.1) is 0 Å². The van der Waals surface area contributed by atoms with E-state index in [0.29, 0.717) is 0 Å². The molecule has 0 unspecified atom stereocenters. The number of benzene rings is 1. The Balaban J connectivity index is 1.73. The summed E-state index contributed by atoms with van der Waals surface area (Å²) in [6, 6.07) is 10.1. The van der Waals surface area contributed by atoms with E-state index in [1.54, 1.807) is 0 Å². The maximum Gasteiger partial charge on any atom is 0.0586 e. The van der Waals surface area contributed by atoms with Crippen LogP contribution in [0.2, 0.25) is 0 Å². The van der Waals surface area contributed by atoms with Crippen LogP contribution in [0, 0.1) is 0 Å². The maximum absolute atomic E-state index is 6.58. The molecule has 23 heavy (non-hydrogen) atoms. The van der Waals surface area contributed by atoms with E-state index in [9.17, 15) is 0 Å². The van der Waals surface area contributed by atoms with Crippen LogP contribution < -0.4 is 5.32 Å². The van der Waals surface area contributed by atoms with Crippen LogP contribution >= 0.6 is 11.6 Å². The van der Waals surface area contributed by atoms with Crippen molar-refractivity contribution in [3.8, 4) is 0 Å². The van der Waals surface area contributed by atoms with Gasteiger partial charge in [-0.3, -0.25) is 4.99 Å². The van der Waals surface area contributed by atoms with Crippen LogP contribution in [0.4, 0.5) is 5.69 Å². The molecule has 0 fully saturated rings. The van der Waals surface area contributed by atoms with Crippen LogP contribution in [0.3, 0.4) is 0 Å². The van der Waals surface area contributed by atoms with Gasteiger partial charge in [0, 0.05) is 23.1 Å². The predicted molar refractivity (Wildman–Crippen MR) is 99.8 cm³/mol. The number of allylic oxidation sites excluding steroid dienone is 6. The van der Waals surface area contributed by atoms with Crippen LogP contribution in [0.25, 0.3) is 0 Å². The van der Waals surface area contributed by atoms with Gasteiger partial charge in [-0.1, -0.05) is 42.0 Å². The summed E-state index contributed by atoms with van der Waals surface area (Å²) in [7, 11) is 0. The second-order valence-corrected chi connectivity index (χ2v) is 6.12. The lowest BCUT2D eigenvalue weighted by molar-refractivity contribution is 0.800. The van der Waals surface area contributed by atoms with E-state index >= 15 is 0 Å². The van der Waals surface area contributed by atoms with Crippen LogP contribution in [0.15, 0.2) is 81.6 Å². The van der Waals surface area contributed by atoms with E-state index in [4.69, 9.17) is 11.6 Å². The first-order valence-corrected chi connectivity index (χ1v) is 8.51. The van der Waals surface area contributed by atoms with Gasteiger partial charge in [0.25, 0.3) is 0 Å². The number of para-hydroxylation sites is 1. The fourth-order valence-electron chi connectivity index (χ4n) is 2.70. The highest BCUT2D eigenvalue weighted by molar-refractivity contribution is 6.33. The van der Waals surface area contributed by atoms with Crippen LogP contribution in [-0.4, -0.2) is 6.21 Å². The molecule has 0 spiro atoms. The van der Waals surface area contributed by atoms with E-state index in [2.05, 4.69) is 28.5 Å². The molecule has 1 aromatic rings. The number of nitrogens with zero attached hydrogens (tertiary/aromatic N) is 1. The lowest BCUT2D eigenvalue weighted by Crippen LogP contribution is -2.03. The van der Waals surface area contributed by atoms with Crippen molar-refractivity contribution >= 4 is 23.5 Å². The summed E-state index contributed by atoms with van der Waals surface area (Å²) >= 11 is 6.58. The lowest BCUT2D eigenvalue weighted by Gasteiger charge is -2.17. The van der Waals surface area contributed by atoms with Crippen molar-refractivity contribution in [1.29, 1.82) is 0 Å². The number of hydrogen-bond donors (Lipinski definition) is 1. The number of aliphatic imine (C=N–C) groups is 1. The number of hydrogen-bond acceptors (Lipinski definition) is 2. The van der Waals surface area contributed by atoms with Gasteiger partial charge < -0.3 is 5.32 Å². The first-order valence-electron chi connectivity index (χ1n) is 8.13. The average Bonchev–Trinajstić information content (AvgIpc) is 2.61. The van der Waals surface area contributed by atoms with Crippen molar-refractivity contribution in [2.24, 2.45) is 4.99 Å². The van der Waals surface area contributed by atoms with Crippen LogP contribution in [0.1, 0.15) is 32.1 Å². The number of rotatable bonds is 4. The summed E-state index contributed by atoms with van der Waals surface area (Å²) in [6.07, 6.45) is 15.6. The van der Waals surface area contributed by atoms with Crippen molar-refractivity contribution in [3.63, 3.8) is 0 Å². The Hall–Kier alpha value is -2.06. The smallest absolute Gasteiger partial charge is 0.0586 e. The minimum atomic E-state index is 0.837. The highest BCUT2D eigenvalue weighted by Gasteiger charge is 2.14. The fraction of sp³-hybridized carbons (Fsp3) is 0.250. The number of nitrogens with one attached hydrogen (secondary N) is 1. The van der Waals surface area contributed by atoms with E-state index in [1.165, 1.54) is 0 Å². The molecule has 0 aromatic heterocycles. The van der Waals surface area contributed by atoms with Crippen molar-refractivity contribution in [3.05, 3.63) is 76.6 Å². The minimum absolute atomic E-state index is 0.837. The summed E-state index contributed by atoms with van der Waals surface area (Å²) < 4.78 is 0. The third kappa shape index (κ3) is 4.46.